The predicted molar refractivity (Wildman–Crippen MR) is 150 cm³/mol. The fourth-order valence-electron chi connectivity index (χ4n) is 3.79. The lowest BCUT2D eigenvalue weighted by atomic mass is 10.1. The van der Waals surface area contributed by atoms with Gasteiger partial charge in [0.1, 0.15) is 0 Å². The van der Waals surface area contributed by atoms with Crippen LogP contribution in [-0.2, 0) is 17.6 Å². The topological polar surface area (TPSA) is 71.6 Å². The first-order valence-electron chi connectivity index (χ1n) is 12.8. The summed E-state index contributed by atoms with van der Waals surface area (Å²) in [6, 6.07) is 7.94. The molecule has 1 saturated carbocycles. The number of halogens is 1. The summed E-state index contributed by atoms with van der Waals surface area (Å²) in [5.41, 5.74) is 2.94. The first-order valence-corrected chi connectivity index (χ1v) is 12.8. The molecule has 3 rings (SSSR count). The zero-order chi connectivity index (χ0) is 27.0. The number of aromatic nitrogens is 2. The summed E-state index contributed by atoms with van der Waals surface area (Å²) < 4.78 is 18.6. The Hall–Kier alpha value is -3.61. The van der Waals surface area contributed by atoms with Gasteiger partial charge in [-0.1, -0.05) is 42.4 Å². The van der Waals surface area contributed by atoms with Crippen LogP contribution >= 0.6 is 0 Å². The molecule has 0 radical (unpaired) electrons. The molecule has 37 heavy (non-hydrogen) atoms. The predicted octanol–water partition coefficient (Wildman–Crippen LogP) is 7.46. The molecule has 1 amide bonds. The van der Waals surface area contributed by atoms with Gasteiger partial charge in [0.25, 0.3) is 0 Å². The molecule has 0 N–H and O–H groups in total. The molecule has 1 aliphatic rings. The summed E-state index contributed by atoms with van der Waals surface area (Å²) in [5.74, 6) is 1.45. The Balaban J connectivity index is 0.00000235. The second-order valence-corrected chi connectivity index (χ2v) is 9.03. The van der Waals surface area contributed by atoms with Crippen molar-refractivity contribution in [3.05, 3.63) is 91.0 Å². The molecule has 0 unspecified atom stereocenters. The van der Waals surface area contributed by atoms with Crippen LogP contribution in [0.1, 0.15) is 75.1 Å². The molecule has 1 aromatic heterocycles. The third-order valence-electron chi connectivity index (χ3n) is 5.86. The van der Waals surface area contributed by atoms with Gasteiger partial charge >= 0.3 is 0 Å². The molecule has 7 heteroatoms. The summed E-state index contributed by atoms with van der Waals surface area (Å²) in [7, 11) is 0. The molecular formula is C30H39FN4O2. The fourth-order valence-corrected chi connectivity index (χ4v) is 3.79. The Labute approximate surface area is 220 Å². The normalized spacial score (nSPS) is 13.2. The van der Waals surface area contributed by atoms with E-state index in [4.69, 9.17) is 4.52 Å². The molecule has 1 fully saturated rings. The van der Waals surface area contributed by atoms with Gasteiger partial charge in [0, 0.05) is 43.6 Å². The average molecular weight is 507 g/mol. The van der Waals surface area contributed by atoms with Crippen molar-refractivity contribution in [2.45, 2.75) is 70.6 Å². The molecule has 1 aromatic carbocycles. The van der Waals surface area contributed by atoms with E-state index >= 15 is 0 Å². The van der Waals surface area contributed by atoms with Gasteiger partial charge in [-0.25, -0.2) is 4.39 Å². The Kier molecular flexibility index (Phi) is 13.0. The van der Waals surface area contributed by atoms with Crippen molar-refractivity contribution < 1.29 is 13.7 Å². The molecule has 0 spiro atoms. The summed E-state index contributed by atoms with van der Waals surface area (Å²) in [5, 5.41) is 4.06. The maximum atomic E-state index is 13.2. The van der Waals surface area contributed by atoms with E-state index in [-0.39, 0.29) is 18.7 Å². The highest BCUT2D eigenvalue weighted by molar-refractivity contribution is 5.93. The van der Waals surface area contributed by atoms with E-state index in [0.29, 0.717) is 18.4 Å². The minimum Gasteiger partial charge on any atom is -0.339 e. The van der Waals surface area contributed by atoms with Crippen LogP contribution < -0.4 is 4.90 Å². The van der Waals surface area contributed by atoms with Crippen LogP contribution in [0, 0.1) is 0 Å². The second kappa shape index (κ2) is 16.2. The lowest BCUT2D eigenvalue weighted by Gasteiger charge is -2.23. The number of carbonyl (C=O) groups excluding carboxylic acids is 1. The maximum absolute atomic E-state index is 13.2. The number of carbonyl (C=O) groups is 1. The van der Waals surface area contributed by atoms with Crippen molar-refractivity contribution in [3.8, 4) is 0 Å². The summed E-state index contributed by atoms with van der Waals surface area (Å²) in [6.07, 6.45) is 12.3. The molecule has 0 aliphatic heterocycles. The average Bonchev–Trinajstić information content (AvgIpc) is 3.64. The molecule has 1 aliphatic carbocycles. The van der Waals surface area contributed by atoms with Gasteiger partial charge in [0.15, 0.2) is 5.82 Å². The first-order chi connectivity index (χ1) is 18.0. The summed E-state index contributed by atoms with van der Waals surface area (Å²) in [6.45, 7) is 15.3. The molecule has 6 nitrogen and oxygen atoms in total. The number of amides is 1. The number of nitrogens with zero attached hydrogens (tertiary/aromatic N) is 4. The molecule has 0 bridgehead atoms. The molecule has 198 valence electrons. The number of hydrogen-bond acceptors (Lipinski definition) is 5. The smallest absolute Gasteiger partial charge is 0.227 e. The lowest BCUT2D eigenvalue weighted by Crippen LogP contribution is -2.31. The van der Waals surface area contributed by atoms with Gasteiger partial charge in [-0.15, -0.1) is 13.2 Å². The van der Waals surface area contributed by atoms with Crippen molar-refractivity contribution >= 4 is 18.3 Å². The van der Waals surface area contributed by atoms with E-state index in [2.05, 4.69) is 47.7 Å². The maximum Gasteiger partial charge on any atom is 0.227 e. The van der Waals surface area contributed by atoms with E-state index in [0.717, 1.165) is 67.6 Å². The number of aliphatic imine (C=N–C) groups is 1. The molecule has 1 heterocycles. The number of rotatable bonds is 15. The van der Waals surface area contributed by atoms with Crippen molar-refractivity contribution in [2.24, 2.45) is 4.99 Å². The third-order valence-corrected chi connectivity index (χ3v) is 5.86. The lowest BCUT2D eigenvalue weighted by molar-refractivity contribution is -0.118. The van der Waals surface area contributed by atoms with Crippen LogP contribution in [0.5, 0.6) is 0 Å². The second-order valence-electron chi connectivity index (χ2n) is 9.03. The van der Waals surface area contributed by atoms with Gasteiger partial charge in [0.2, 0.25) is 11.8 Å². The van der Waals surface area contributed by atoms with Gasteiger partial charge in [-0.2, -0.15) is 4.98 Å². The Morgan fingerprint density at radius 3 is 2.73 bits per heavy atom. The Bertz CT molecular complexity index is 1080. The highest BCUT2D eigenvalue weighted by atomic mass is 19.1. The number of aryl methyl sites for hydroxylation is 1. The standard InChI is InChI=1S/C28H35FN4O2.C2H4/c1-21(20-30-3)9-7-10-23-11-8-12-25(19-23)33(27(34)17-14-22(2)29)18-6-4-5-13-26-31-28(32-35-26)24-15-16-24;1-2/h7-9,11-12,19-20,24H,2-6,10,13-18H2,1H3;1-2H2/b9-7-,21-20-;. The molecule has 2 aromatic rings. The fraction of sp³-hybridized carbons (Fsp3) is 0.400. The minimum atomic E-state index is -0.472. The van der Waals surface area contributed by atoms with E-state index in [1.807, 2.05) is 37.3 Å². The zero-order valence-electron chi connectivity index (χ0n) is 22.0. The van der Waals surface area contributed by atoms with Crippen LogP contribution in [0.15, 0.2) is 83.3 Å². The number of anilines is 1. The van der Waals surface area contributed by atoms with Crippen LogP contribution in [0.4, 0.5) is 10.1 Å². The van der Waals surface area contributed by atoms with Crippen LogP contribution in [-0.4, -0.2) is 29.3 Å². The van der Waals surface area contributed by atoms with Gasteiger partial charge in [0.05, 0.1) is 5.83 Å². The SMILES string of the molecule is C=C.C=N/C=C(C)\C=C/Cc1cccc(N(CCCCCc2nc(C3CC3)no2)C(=O)CCC(=C)F)c1. The number of benzene rings is 1. The third kappa shape index (κ3) is 10.9. The number of unbranched alkanes of at least 4 members (excludes halogenated alkanes) is 2. The van der Waals surface area contributed by atoms with E-state index in [9.17, 15) is 9.18 Å². The largest absolute Gasteiger partial charge is 0.339 e. The number of hydrogen-bond donors (Lipinski definition) is 0. The highest BCUT2D eigenvalue weighted by Gasteiger charge is 2.28. The van der Waals surface area contributed by atoms with Crippen molar-refractivity contribution in [2.75, 3.05) is 11.4 Å². The highest BCUT2D eigenvalue weighted by Crippen LogP contribution is 2.38. The minimum absolute atomic E-state index is 0.0429. The van der Waals surface area contributed by atoms with Crippen molar-refractivity contribution in [3.63, 3.8) is 0 Å². The van der Waals surface area contributed by atoms with Crippen LogP contribution in [0.25, 0.3) is 0 Å². The molecular weight excluding hydrogens is 467 g/mol. The quantitative estimate of drug-likeness (QED) is 0.109. The van der Waals surface area contributed by atoms with Crippen LogP contribution in [0.3, 0.4) is 0 Å². The van der Waals surface area contributed by atoms with E-state index < -0.39 is 5.83 Å². The first kappa shape index (κ1) is 29.6. The van der Waals surface area contributed by atoms with Crippen LogP contribution in [0.2, 0.25) is 0 Å². The van der Waals surface area contributed by atoms with Gasteiger partial charge < -0.3 is 9.42 Å². The molecule has 0 saturated heterocycles. The van der Waals surface area contributed by atoms with Gasteiger partial charge in [-0.05, 0) is 69.0 Å². The molecule has 0 atom stereocenters. The summed E-state index contributed by atoms with van der Waals surface area (Å²) in [4.78, 5) is 22.9. The zero-order valence-corrected chi connectivity index (χ0v) is 22.0. The van der Waals surface area contributed by atoms with E-state index in [1.54, 1.807) is 11.1 Å². The van der Waals surface area contributed by atoms with Crippen molar-refractivity contribution in [1.29, 1.82) is 0 Å². The number of allylic oxidation sites excluding steroid dienone is 4. The van der Waals surface area contributed by atoms with E-state index in [1.165, 1.54) is 0 Å². The van der Waals surface area contributed by atoms with Gasteiger partial charge in [-0.3, -0.25) is 9.79 Å². The Morgan fingerprint density at radius 2 is 2.03 bits per heavy atom. The Morgan fingerprint density at radius 1 is 1.24 bits per heavy atom. The monoisotopic (exact) mass is 506 g/mol. The van der Waals surface area contributed by atoms with Crippen molar-refractivity contribution in [1.82, 2.24) is 10.1 Å². The summed E-state index contributed by atoms with van der Waals surface area (Å²) >= 11 is 0.